The van der Waals surface area contributed by atoms with Crippen LogP contribution >= 0.6 is 0 Å². The van der Waals surface area contributed by atoms with Gasteiger partial charge in [-0.05, 0) is 50.3 Å². The molecule has 1 aromatic rings. The molecule has 22 heavy (non-hydrogen) atoms. The summed E-state index contributed by atoms with van der Waals surface area (Å²) in [6.07, 6.45) is 11.5. The molecule has 1 aliphatic carbocycles. The monoisotopic (exact) mass is 299 g/mol. The summed E-state index contributed by atoms with van der Waals surface area (Å²) in [5.41, 5.74) is 1.47. The van der Waals surface area contributed by atoms with Crippen LogP contribution in [0.4, 0.5) is 0 Å². The van der Waals surface area contributed by atoms with Crippen LogP contribution < -0.4 is 0 Å². The SMILES string of the molecule is c1ccc([C@]2(C3CCCCC3)O[C@@H]2CN2CCCCC2)cc1. The van der Waals surface area contributed by atoms with Gasteiger partial charge in [-0.3, -0.25) is 0 Å². The average Bonchev–Trinajstić information content (AvgIpc) is 3.32. The molecule has 0 amide bonds. The van der Waals surface area contributed by atoms with Gasteiger partial charge in [-0.1, -0.05) is 56.0 Å². The molecule has 2 aliphatic heterocycles. The second-order valence-corrected chi connectivity index (χ2v) is 7.46. The van der Waals surface area contributed by atoms with E-state index in [0.717, 1.165) is 12.5 Å². The van der Waals surface area contributed by atoms with E-state index in [2.05, 4.69) is 35.2 Å². The van der Waals surface area contributed by atoms with Gasteiger partial charge in [-0.15, -0.1) is 0 Å². The number of hydrogen-bond donors (Lipinski definition) is 0. The maximum absolute atomic E-state index is 6.49. The molecule has 0 radical (unpaired) electrons. The Morgan fingerprint density at radius 2 is 1.59 bits per heavy atom. The summed E-state index contributed by atoms with van der Waals surface area (Å²) >= 11 is 0. The van der Waals surface area contributed by atoms with Gasteiger partial charge in [-0.25, -0.2) is 0 Å². The number of likely N-dealkylation sites (tertiary alicyclic amines) is 1. The standard InChI is InChI=1S/C20H29NO/c1-4-10-17(11-5-1)20(18-12-6-2-7-13-18)19(22-20)16-21-14-8-3-9-15-21/h1,4-5,10-11,18-19H,2-3,6-9,12-16H2/t19-,20-/m1/s1. The highest BCUT2D eigenvalue weighted by Gasteiger charge is 2.62. The molecule has 0 bridgehead atoms. The molecule has 2 heteroatoms. The average molecular weight is 299 g/mol. The molecule has 0 N–H and O–H groups in total. The number of ether oxygens (including phenoxy) is 1. The third-order valence-electron chi connectivity index (χ3n) is 6.07. The molecular weight excluding hydrogens is 270 g/mol. The largest absolute Gasteiger partial charge is 0.359 e. The summed E-state index contributed by atoms with van der Waals surface area (Å²) in [5, 5.41) is 0. The fourth-order valence-electron chi connectivity index (χ4n) is 4.83. The molecule has 0 spiro atoms. The first-order chi connectivity index (χ1) is 10.9. The van der Waals surface area contributed by atoms with E-state index in [1.807, 2.05) is 0 Å². The van der Waals surface area contributed by atoms with E-state index >= 15 is 0 Å². The quantitative estimate of drug-likeness (QED) is 0.768. The molecule has 2 atom stereocenters. The van der Waals surface area contributed by atoms with Crippen LogP contribution in [0, 0.1) is 5.92 Å². The van der Waals surface area contributed by atoms with Gasteiger partial charge in [0.15, 0.2) is 0 Å². The smallest absolute Gasteiger partial charge is 0.124 e. The third kappa shape index (κ3) is 2.72. The Bertz CT molecular complexity index is 476. The highest BCUT2D eigenvalue weighted by molar-refractivity contribution is 5.31. The Kier molecular flexibility index (Phi) is 4.23. The van der Waals surface area contributed by atoms with E-state index in [9.17, 15) is 0 Å². The van der Waals surface area contributed by atoms with Crippen molar-refractivity contribution in [2.45, 2.75) is 63.1 Å². The zero-order valence-electron chi connectivity index (χ0n) is 13.7. The van der Waals surface area contributed by atoms with Crippen molar-refractivity contribution in [2.24, 2.45) is 5.92 Å². The van der Waals surface area contributed by atoms with Gasteiger partial charge in [-0.2, -0.15) is 0 Å². The molecule has 2 heterocycles. The summed E-state index contributed by atoms with van der Waals surface area (Å²) in [6, 6.07) is 11.1. The van der Waals surface area contributed by atoms with Gasteiger partial charge >= 0.3 is 0 Å². The lowest BCUT2D eigenvalue weighted by Gasteiger charge is -2.30. The molecule has 3 fully saturated rings. The molecule has 4 rings (SSSR count). The Balaban J connectivity index is 1.52. The van der Waals surface area contributed by atoms with Crippen molar-refractivity contribution < 1.29 is 4.74 Å². The van der Waals surface area contributed by atoms with Gasteiger partial charge in [0.1, 0.15) is 11.7 Å². The number of nitrogens with zero attached hydrogens (tertiary/aromatic N) is 1. The summed E-state index contributed by atoms with van der Waals surface area (Å²) < 4.78 is 6.49. The molecular formula is C20H29NO. The Morgan fingerprint density at radius 3 is 2.32 bits per heavy atom. The van der Waals surface area contributed by atoms with Gasteiger partial charge in [0.05, 0.1) is 0 Å². The van der Waals surface area contributed by atoms with Crippen LogP contribution in [0.3, 0.4) is 0 Å². The van der Waals surface area contributed by atoms with Crippen LogP contribution in [0.25, 0.3) is 0 Å². The number of benzene rings is 1. The summed E-state index contributed by atoms with van der Waals surface area (Å²) in [5.74, 6) is 0.735. The van der Waals surface area contributed by atoms with Gasteiger partial charge in [0, 0.05) is 6.54 Å². The van der Waals surface area contributed by atoms with Crippen molar-refractivity contribution in [3.05, 3.63) is 35.9 Å². The molecule has 120 valence electrons. The maximum atomic E-state index is 6.49. The van der Waals surface area contributed by atoms with Crippen molar-refractivity contribution >= 4 is 0 Å². The topological polar surface area (TPSA) is 15.8 Å². The predicted molar refractivity (Wildman–Crippen MR) is 89.9 cm³/mol. The van der Waals surface area contributed by atoms with Gasteiger partial charge < -0.3 is 9.64 Å². The molecule has 2 nitrogen and oxygen atoms in total. The van der Waals surface area contributed by atoms with Crippen molar-refractivity contribution in [3.8, 4) is 0 Å². The second kappa shape index (κ2) is 6.33. The predicted octanol–water partition coefficient (Wildman–Crippen LogP) is 4.35. The Morgan fingerprint density at radius 1 is 0.909 bits per heavy atom. The highest BCUT2D eigenvalue weighted by atomic mass is 16.6. The van der Waals surface area contributed by atoms with Gasteiger partial charge in [0.25, 0.3) is 0 Å². The lowest BCUT2D eigenvalue weighted by molar-refractivity contribution is 0.171. The zero-order chi connectivity index (χ0) is 14.8. The minimum atomic E-state index is 0.0408. The van der Waals surface area contributed by atoms with Crippen molar-refractivity contribution in [1.82, 2.24) is 4.90 Å². The fourth-order valence-corrected chi connectivity index (χ4v) is 4.83. The molecule has 2 saturated heterocycles. The van der Waals surface area contributed by atoms with E-state index < -0.39 is 0 Å². The summed E-state index contributed by atoms with van der Waals surface area (Å²) in [7, 11) is 0. The number of epoxide rings is 1. The zero-order valence-corrected chi connectivity index (χ0v) is 13.7. The lowest BCUT2D eigenvalue weighted by Crippen LogP contribution is -2.36. The van der Waals surface area contributed by atoms with Crippen LogP contribution in [0.5, 0.6) is 0 Å². The van der Waals surface area contributed by atoms with Crippen molar-refractivity contribution in [2.75, 3.05) is 19.6 Å². The van der Waals surface area contributed by atoms with Crippen LogP contribution in [0.2, 0.25) is 0 Å². The van der Waals surface area contributed by atoms with E-state index in [4.69, 9.17) is 4.74 Å². The van der Waals surface area contributed by atoms with Crippen LogP contribution in [-0.4, -0.2) is 30.6 Å². The highest BCUT2D eigenvalue weighted by Crippen LogP contribution is 2.56. The van der Waals surface area contributed by atoms with E-state index in [-0.39, 0.29) is 5.60 Å². The van der Waals surface area contributed by atoms with Crippen LogP contribution in [0.15, 0.2) is 30.3 Å². The maximum Gasteiger partial charge on any atom is 0.124 e. The van der Waals surface area contributed by atoms with Crippen LogP contribution in [0.1, 0.15) is 56.9 Å². The lowest BCUT2D eigenvalue weighted by atomic mass is 9.74. The molecule has 1 aromatic carbocycles. The third-order valence-corrected chi connectivity index (χ3v) is 6.07. The van der Waals surface area contributed by atoms with E-state index in [0.29, 0.717) is 6.10 Å². The molecule has 1 saturated carbocycles. The first-order valence-corrected chi connectivity index (χ1v) is 9.35. The molecule has 0 unspecified atom stereocenters. The van der Waals surface area contributed by atoms with Crippen molar-refractivity contribution in [1.29, 1.82) is 0 Å². The van der Waals surface area contributed by atoms with Crippen molar-refractivity contribution in [3.63, 3.8) is 0 Å². The molecule has 0 aromatic heterocycles. The number of piperidine rings is 1. The number of hydrogen-bond acceptors (Lipinski definition) is 2. The fraction of sp³-hybridized carbons (Fsp3) is 0.700. The van der Waals surface area contributed by atoms with E-state index in [1.54, 1.807) is 0 Å². The second-order valence-electron chi connectivity index (χ2n) is 7.46. The first-order valence-electron chi connectivity index (χ1n) is 9.35. The van der Waals surface area contributed by atoms with E-state index in [1.165, 1.54) is 70.0 Å². The van der Waals surface area contributed by atoms with Gasteiger partial charge in [0.2, 0.25) is 0 Å². The summed E-state index contributed by atoms with van der Waals surface area (Å²) in [6.45, 7) is 3.69. The Hall–Kier alpha value is -0.860. The Labute approximate surface area is 134 Å². The minimum Gasteiger partial charge on any atom is -0.359 e. The normalized spacial score (nSPS) is 33.7. The molecule has 3 aliphatic rings. The minimum absolute atomic E-state index is 0.0408. The number of rotatable bonds is 4. The van der Waals surface area contributed by atoms with Crippen LogP contribution in [-0.2, 0) is 10.3 Å². The first kappa shape index (κ1) is 14.7. The summed E-state index contributed by atoms with van der Waals surface area (Å²) in [4.78, 5) is 2.64.